The summed E-state index contributed by atoms with van der Waals surface area (Å²) in [6, 6.07) is 10.4. The number of nitrogens with zero attached hydrogens (tertiary/aromatic N) is 4. The number of likely N-dealkylation sites (N-methyl/N-ethyl adjacent to an activating group) is 1. The van der Waals surface area contributed by atoms with Crippen LogP contribution in [0.2, 0.25) is 0 Å². The molecular formula is C19H20N4O4S2. The maximum absolute atomic E-state index is 9.10. The lowest BCUT2D eigenvalue weighted by Gasteiger charge is -2.29. The van der Waals surface area contributed by atoms with E-state index in [1.54, 1.807) is 11.8 Å². The van der Waals surface area contributed by atoms with E-state index in [2.05, 4.69) is 39.8 Å². The molecule has 0 saturated heterocycles. The smallest absolute Gasteiger partial charge is 0.414 e. The molecule has 29 heavy (non-hydrogen) atoms. The number of aromatic nitrogens is 2. The maximum Gasteiger partial charge on any atom is 0.414 e. The Morgan fingerprint density at radius 2 is 1.93 bits per heavy atom. The second kappa shape index (κ2) is 10.7. The van der Waals surface area contributed by atoms with Crippen LogP contribution in [-0.4, -0.2) is 55.4 Å². The first-order valence-corrected chi connectivity index (χ1v) is 10.3. The lowest BCUT2D eigenvalue weighted by Crippen LogP contribution is -2.33. The van der Waals surface area contributed by atoms with Gasteiger partial charge in [-0.25, -0.2) is 9.59 Å². The van der Waals surface area contributed by atoms with Crippen molar-refractivity contribution in [2.45, 2.75) is 30.2 Å². The molecule has 2 heterocycles. The molecule has 8 nitrogen and oxygen atoms in total. The third kappa shape index (κ3) is 6.67. The minimum absolute atomic E-state index is 0.583. The molecule has 1 aromatic carbocycles. The molecule has 152 valence electrons. The molecule has 1 atom stereocenters. The minimum atomic E-state index is -1.82. The Morgan fingerprint density at radius 1 is 1.28 bits per heavy atom. The number of nitriles is 1. The predicted molar refractivity (Wildman–Crippen MR) is 111 cm³/mol. The van der Waals surface area contributed by atoms with Gasteiger partial charge < -0.3 is 10.2 Å². The number of carboxylic acids is 2. The number of hydrogen-bond donors (Lipinski definition) is 2. The standard InChI is InChI=1S/C17H18N4S2.C2H2O4/c1-12-3-8-15(10-21(12)2)16-17(20-23-19-16)22-11-14-6-4-13(9-18)5-7-14;3-1(4)2(5)6/h4-8,12H,3,10-11H2,1-2H3;(H,3,4)(H,5,6). The average Bonchev–Trinajstić information content (AvgIpc) is 3.18. The Bertz CT molecular complexity index is 922. The number of thioether (sulfide) groups is 1. The Labute approximate surface area is 176 Å². The molecule has 3 rings (SSSR count). The third-order valence-corrected chi connectivity index (χ3v) is 5.96. The zero-order valence-electron chi connectivity index (χ0n) is 15.9. The Kier molecular flexibility index (Phi) is 8.33. The predicted octanol–water partition coefficient (Wildman–Crippen LogP) is 2.97. The monoisotopic (exact) mass is 432 g/mol. The second-order valence-corrected chi connectivity index (χ2v) is 7.85. The fraction of sp³-hybridized carbons (Fsp3) is 0.316. The van der Waals surface area contributed by atoms with Gasteiger partial charge in [0.1, 0.15) is 10.7 Å². The van der Waals surface area contributed by atoms with Crippen molar-refractivity contribution >= 4 is 41.0 Å². The van der Waals surface area contributed by atoms with E-state index < -0.39 is 11.9 Å². The lowest BCUT2D eigenvalue weighted by molar-refractivity contribution is -0.159. The van der Waals surface area contributed by atoms with Gasteiger partial charge in [0, 0.05) is 18.3 Å². The normalized spacial score (nSPS) is 16.2. The number of carbonyl (C=O) groups is 2. The molecule has 1 aliphatic rings. The molecule has 10 heteroatoms. The highest BCUT2D eigenvalue weighted by Gasteiger charge is 2.21. The van der Waals surface area contributed by atoms with Crippen molar-refractivity contribution in [2.75, 3.05) is 13.6 Å². The van der Waals surface area contributed by atoms with E-state index in [1.165, 1.54) is 22.9 Å². The number of benzene rings is 1. The van der Waals surface area contributed by atoms with Crippen molar-refractivity contribution in [1.29, 1.82) is 5.26 Å². The highest BCUT2D eigenvalue weighted by molar-refractivity contribution is 7.98. The summed E-state index contributed by atoms with van der Waals surface area (Å²) in [5.74, 6) is -2.81. The molecule has 1 aliphatic heterocycles. The molecule has 0 spiro atoms. The van der Waals surface area contributed by atoms with Crippen molar-refractivity contribution in [1.82, 2.24) is 13.6 Å². The van der Waals surface area contributed by atoms with Gasteiger partial charge in [0.15, 0.2) is 0 Å². The quantitative estimate of drug-likeness (QED) is 0.553. The summed E-state index contributed by atoms with van der Waals surface area (Å²) in [5.41, 5.74) is 4.20. The summed E-state index contributed by atoms with van der Waals surface area (Å²) < 4.78 is 8.98. The van der Waals surface area contributed by atoms with Crippen molar-refractivity contribution in [3.63, 3.8) is 0 Å². The van der Waals surface area contributed by atoms with Gasteiger partial charge in [-0.1, -0.05) is 30.0 Å². The summed E-state index contributed by atoms with van der Waals surface area (Å²) in [7, 11) is 2.15. The average molecular weight is 433 g/mol. The van der Waals surface area contributed by atoms with Gasteiger partial charge in [-0.2, -0.15) is 14.0 Å². The Hall–Kier alpha value is -2.74. The molecule has 0 amide bonds. The topological polar surface area (TPSA) is 127 Å². The molecule has 0 saturated carbocycles. The van der Waals surface area contributed by atoms with Gasteiger partial charge in [-0.15, -0.1) is 0 Å². The van der Waals surface area contributed by atoms with Crippen LogP contribution in [0.3, 0.4) is 0 Å². The van der Waals surface area contributed by atoms with E-state index in [9.17, 15) is 0 Å². The Morgan fingerprint density at radius 3 is 2.48 bits per heavy atom. The molecule has 1 aromatic heterocycles. The largest absolute Gasteiger partial charge is 0.473 e. The molecule has 0 fully saturated rings. The van der Waals surface area contributed by atoms with Gasteiger partial charge in [-0.05, 0) is 43.7 Å². The van der Waals surface area contributed by atoms with Crippen LogP contribution >= 0.6 is 23.5 Å². The summed E-state index contributed by atoms with van der Waals surface area (Å²) in [6.45, 7) is 3.17. The van der Waals surface area contributed by atoms with Crippen LogP contribution < -0.4 is 0 Å². The van der Waals surface area contributed by atoms with E-state index >= 15 is 0 Å². The number of aliphatic carboxylic acids is 2. The summed E-state index contributed by atoms with van der Waals surface area (Å²) in [6.07, 6.45) is 3.36. The SMILES string of the molecule is CC1CC=C(c2nsnc2SCc2ccc(C#N)cc2)CN1C.O=C(O)C(=O)O. The van der Waals surface area contributed by atoms with Crippen LogP contribution in [0.25, 0.3) is 5.57 Å². The van der Waals surface area contributed by atoms with Crippen molar-refractivity contribution in [2.24, 2.45) is 0 Å². The van der Waals surface area contributed by atoms with Crippen molar-refractivity contribution < 1.29 is 19.8 Å². The van der Waals surface area contributed by atoms with Crippen molar-refractivity contribution in [3.05, 3.63) is 47.2 Å². The number of carboxylic acid groups (broad SMARTS) is 2. The van der Waals surface area contributed by atoms with Crippen LogP contribution in [0.5, 0.6) is 0 Å². The van der Waals surface area contributed by atoms with E-state index in [0.717, 1.165) is 29.4 Å². The minimum Gasteiger partial charge on any atom is -0.473 e. The molecule has 0 bridgehead atoms. The van der Waals surface area contributed by atoms with Gasteiger partial charge in [0.05, 0.1) is 23.4 Å². The van der Waals surface area contributed by atoms with Crippen LogP contribution in [0, 0.1) is 11.3 Å². The molecule has 0 aliphatic carbocycles. The number of hydrogen-bond acceptors (Lipinski definition) is 8. The zero-order chi connectivity index (χ0) is 21.4. The van der Waals surface area contributed by atoms with Gasteiger partial charge in [0.25, 0.3) is 0 Å². The van der Waals surface area contributed by atoms with Gasteiger partial charge >= 0.3 is 11.9 Å². The van der Waals surface area contributed by atoms with E-state index in [1.807, 2.05) is 24.3 Å². The second-order valence-electron chi connectivity index (χ2n) is 6.35. The molecule has 2 aromatic rings. The van der Waals surface area contributed by atoms with Crippen LogP contribution in [0.15, 0.2) is 35.4 Å². The summed E-state index contributed by atoms with van der Waals surface area (Å²) >= 11 is 2.99. The van der Waals surface area contributed by atoms with Gasteiger partial charge in [-0.3, -0.25) is 4.90 Å². The first kappa shape index (κ1) is 22.5. The Balaban J connectivity index is 0.000000438. The maximum atomic E-state index is 9.10. The molecular weight excluding hydrogens is 412 g/mol. The fourth-order valence-electron chi connectivity index (χ4n) is 2.45. The van der Waals surface area contributed by atoms with Crippen molar-refractivity contribution in [3.8, 4) is 6.07 Å². The first-order chi connectivity index (χ1) is 13.8. The molecule has 2 N–H and O–H groups in total. The van der Waals surface area contributed by atoms with E-state index in [-0.39, 0.29) is 0 Å². The van der Waals surface area contributed by atoms with E-state index in [0.29, 0.717) is 11.6 Å². The van der Waals surface area contributed by atoms with Gasteiger partial charge in [0.2, 0.25) is 0 Å². The van der Waals surface area contributed by atoms with E-state index in [4.69, 9.17) is 25.1 Å². The van der Waals surface area contributed by atoms with Crippen LogP contribution in [0.4, 0.5) is 0 Å². The molecule has 0 radical (unpaired) electrons. The summed E-state index contributed by atoms with van der Waals surface area (Å²) in [5, 5.41) is 24.6. The van der Waals surface area contributed by atoms with Crippen LogP contribution in [-0.2, 0) is 15.3 Å². The number of rotatable bonds is 4. The van der Waals surface area contributed by atoms with Crippen LogP contribution in [0.1, 0.15) is 30.2 Å². The lowest BCUT2D eigenvalue weighted by atomic mass is 10.0. The zero-order valence-corrected chi connectivity index (χ0v) is 17.5. The highest BCUT2D eigenvalue weighted by atomic mass is 32.2. The fourth-order valence-corrected chi connectivity index (χ4v) is 4.12. The molecule has 1 unspecified atom stereocenters. The summed E-state index contributed by atoms with van der Waals surface area (Å²) in [4.78, 5) is 20.6. The third-order valence-electron chi connectivity index (χ3n) is 4.28. The first-order valence-electron chi connectivity index (χ1n) is 8.62. The highest BCUT2D eigenvalue weighted by Crippen LogP contribution is 2.31.